The molecule has 0 spiro atoms. The van der Waals surface area contributed by atoms with Crippen molar-refractivity contribution < 1.29 is 19.1 Å². The molecule has 0 unspecified atom stereocenters. The first-order valence-corrected chi connectivity index (χ1v) is 10.3. The van der Waals surface area contributed by atoms with Gasteiger partial charge in [-0.05, 0) is 56.2 Å². The van der Waals surface area contributed by atoms with Gasteiger partial charge < -0.3 is 15.4 Å². The van der Waals surface area contributed by atoms with Crippen molar-refractivity contribution >= 4 is 46.4 Å². The standard InChI is InChI=1S/C23H24ClN3O4/c1-4-31-23(30)12-16-11-22(29)27(20-10-15(3)14(2)9-19(20)25-16)13-21(28)26-18-8-6-5-7-17(18)24/h5-11,25H,4,12-13H2,1-3H3,(H,26,28). The number of carbonyl (C=O) groups excluding carboxylic acids is 3. The lowest BCUT2D eigenvalue weighted by Gasteiger charge is -2.23. The second kappa shape index (κ2) is 9.66. The molecule has 2 aromatic rings. The third-order valence-corrected chi connectivity index (χ3v) is 5.18. The highest BCUT2D eigenvalue weighted by molar-refractivity contribution is 6.33. The van der Waals surface area contributed by atoms with Crippen LogP contribution in [0, 0.1) is 13.8 Å². The summed E-state index contributed by atoms with van der Waals surface area (Å²) in [6.45, 7) is 5.64. The molecule has 1 aliphatic heterocycles. The number of esters is 1. The maximum absolute atomic E-state index is 13.0. The van der Waals surface area contributed by atoms with Crippen molar-refractivity contribution in [3.8, 4) is 0 Å². The molecule has 0 radical (unpaired) electrons. The maximum Gasteiger partial charge on any atom is 0.311 e. The van der Waals surface area contributed by atoms with E-state index in [9.17, 15) is 14.4 Å². The fourth-order valence-electron chi connectivity index (χ4n) is 3.20. The second-order valence-electron chi connectivity index (χ2n) is 7.18. The van der Waals surface area contributed by atoms with E-state index in [0.717, 1.165) is 11.1 Å². The zero-order valence-electron chi connectivity index (χ0n) is 17.6. The van der Waals surface area contributed by atoms with E-state index in [4.69, 9.17) is 16.3 Å². The van der Waals surface area contributed by atoms with Gasteiger partial charge in [0.15, 0.2) is 0 Å². The van der Waals surface area contributed by atoms with E-state index in [1.54, 1.807) is 31.2 Å². The van der Waals surface area contributed by atoms with Crippen molar-refractivity contribution in [2.75, 3.05) is 28.7 Å². The van der Waals surface area contributed by atoms with Gasteiger partial charge in [-0.2, -0.15) is 0 Å². The van der Waals surface area contributed by atoms with Crippen molar-refractivity contribution in [1.82, 2.24) is 0 Å². The lowest BCUT2D eigenvalue weighted by Crippen LogP contribution is -2.37. The van der Waals surface area contributed by atoms with E-state index in [1.807, 2.05) is 26.0 Å². The minimum Gasteiger partial charge on any atom is -0.466 e. The SMILES string of the molecule is CCOC(=O)CC1=CC(=O)N(CC(=O)Nc2ccccc2Cl)c2cc(C)c(C)cc2N1. The molecule has 2 amide bonds. The average molecular weight is 442 g/mol. The predicted octanol–water partition coefficient (Wildman–Crippen LogP) is 4.19. The molecule has 7 nitrogen and oxygen atoms in total. The summed E-state index contributed by atoms with van der Waals surface area (Å²) >= 11 is 6.12. The zero-order valence-corrected chi connectivity index (χ0v) is 18.4. The van der Waals surface area contributed by atoms with Gasteiger partial charge in [-0.1, -0.05) is 23.7 Å². The van der Waals surface area contributed by atoms with E-state index in [1.165, 1.54) is 11.0 Å². The minimum atomic E-state index is -0.440. The monoisotopic (exact) mass is 441 g/mol. The molecule has 8 heteroatoms. The number of nitrogens with zero attached hydrogens (tertiary/aromatic N) is 1. The molecule has 3 rings (SSSR count). The molecule has 0 saturated heterocycles. The summed E-state index contributed by atoms with van der Waals surface area (Å²) < 4.78 is 5.00. The fourth-order valence-corrected chi connectivity index (χ4v) is 3.38. The third kappa shape index (κ3) is 5.44. The smallest absolute Gasteiger partial charge is 0.311 e. The van der Waals surface area contributed by atoms with E-state index in [0.29, 0.717) is 27.8 Å². The normalized spacial score (nSPS) is 13.0. The molecule has 0 fully saturated rings. The van der Waals surface area contributed by atoms with Crippen molar-refractivity contribution in [3.63, 3.8) is 0 Å². The number of fused-ring (bicyclic) bond motifs is 1. The van der Waals surface area contributed by atoms with Crippen LogP contribution in [0.4, 0.5) is 17.1 Å². The van der Waals surface area contributed by atoms with Crippen LogP contribution in [0.15, 0.2) is 48.2 Å². The Balaban J connectivity index is 1.91. The maximum atomic E-state index is 13.0. The summed E-state index contributed by atoms with van der Waals surface area (Å²) in [5, 5.41) is 6.30. The highest BCUT2D eigenvalue weighted by Gasteiger charge is 2.26. The molecule has 0 atom stereocenters. The van der Waals surface area contributed by atoms with Crippen LogP contribution < -0.4 is 15.5 Å². The Hall–Kier alpha value is -3.32. The second-order valence-corrected chi connectivity index (χ2v) is 7.59. The quantitative estimate of drug-likeness (QED) is 0.656. The zero-order chi connectivity index (χ0) is 22.5. The van der Waals surface area contributed by atoms with Crippen molar-refractivity contribution in [3.05, 3.63) is 64.3 Å². The number of nitrogens with one attached hydrogen (secondary N) is 2. The lowest BCUT2D eigenvalue weighted by atomic mass is 10.1. The van der Waals surface area contributed by atoms with Gasteiger partial charge in [0.05, 0.1) is 35.1 Å². The van der Waals surface area contributed by atoms with Gasteiger partial charge in [-0.25, -0.2) is 0 Å². The fraction of sp³-hybridized carbons (Fsp3) is 0.261. The highest BCUT2D eigenvalue weighted by atomic mass is 35.5. The van der Waals surface area contributed by atoms with Crippen molar-refractivity contribution in [2.24, 2.45) is 0 Å². The summed E-state index contributed by atoms with van der Waals surface area (Å²) in [5.74, 6) is -1.25. The Bertz CT molecular complexity index is 1060. The number of hydrogen-bond donors (Lipinski definition) is 2. The minimum absolute atomic E-state index is 0.0778. The number of carbonyl (C=O) groups is 3. The van der Waals surface area contributed by atoms with Crippen LogP contribution in [0.25, 0.3) is 0 Å². The third-order valence-electron chi connectivity index (χ3n) is 4.85. The van der Waals surface area contributed by atoms with E-state index in [2.05, 4.69) is 10.6 Å². The first-order chi connectivity index (χ1) is 14.8. The number of halogens is 1. The summed E-state index contributed by atoms with van der Waals surface area (Å²) in [6.07, 6.45) is 1.25. The van der Waals surface area contributed by atoms with Gasteiger partial charge in [0.25, 0.3) is 5.91 Å². The van der Waals surface area contributed by atoms with Gasteiger partial charge in [0.1, 0.15) is 6.54 Å². The molecule has 1 aliphatic rings. The number of ether oxygens (including phenoxy) is 1. The van der Waals surface area contributed by atoms with E-state index >= 15 is 0 Å². The first-order valence-electron chi connectivity index (χ1n) is 9.88. The number of rotatable bonds is 6. The number of aryl methyl sites for hydroxylation is 2. The lowest BCUT2D eigenvalue weighted by molar-refractivity contribution is -0.142. The Kier molecular flexibility index (Phi) is 6.97. The predicted molar refractivity (Wildman–Crippen MR) is 121 cm³/mol. The van der Waals surface area contributed by atoms with Gasteiger partial charge >= 0.3 is 5.97 Å². The van der Waals surface area contributed by atoms with E-state index in [-0.39, 0.29) is 19.6 Å². The Morgan fingerprint density at radius 3 is 2.58 bits per heavy atom. The largest absolute Gasteiger partial charge is 0.466 e. The topological polar surface area (TPSA) is 87.7 Å². The van der Waals surface area contributed by atoms with Crippen LogP contribution in [-0.4, -0.2) is 30.9 Å². The van der Waals surface area contributed by atoms with Crippen LogP contribution in [0.2, 0.25) is 5.02 Å². The summed E-state index contributed by atoms with van der Waals surface area (Å²) in [5.41, 5.74) is 4.04. The van der Waals surface area contributed by atoms with Crippen LogP contribution >= 0.6 is 11.6 Å². The molecule has 0 aliphatic carbocycles. The molecule has 0 aromatic heterocycles. The van der Waals surface area contributed by atoms with Gasteiger partial charge in [-0.15, -0.1) is 0 Å². The molecule has 0 bridgehead atoms. The Labute approximate surface area is 186 Å². The van der Waals surface area contributed by atoms with Crippen molar-refractivity contribution in [2.45, 2.75) is 27.2 Å². The Morgan fingerprint density at radius 2 is 1.87 bits per heavy atom. The van der Waals surface area contributed by atoms with Crippen LogP contribution in [-0.2, 0) is 19.1 Å². The molecule has 31 heavy (non-hydrogen) atoms. The van der Waals surface area contributed by atoms with E-state index < -0.39 is 17.8 Å². The number of benzene rings is 2. The molecule has 1 heterocycles. The van der Waals surface area contributed by atoms with Crippen LogP contribution in [0.3, 0.4) is 0 Å². The number of para-hydroxylation sites is 1. The highest BCUT2D eigenvalue weighted by Crippen LogP contribution is 2.33. The van der Waals surface area contributed by atoms with Crippen molar-refractivity contribution in [1.29, 1.82) is 0 Å². The number of anilines is 3. The molecule has 162 valence electrons. The molecular weight excluding hydrogens is 418 g/mol. The average Bonchev–Trinajstić information content (AvgIpc) is 2.81. The summed E-state index contributed by atoms with van der Waals surface area (Å²) in [6, 6.07) is 10.6. The molecular formula is C23H24ClN3O4. The van der Waals surface area contributed by atoms with Gasteiger partial charge in [-0.3, -0.25) is 19.3 Å². The van der Waals surface area contributed by atoms with Crippen LogP contribution in [0.1, 0.15) is 24.5 Å². The van der Waals surface area contributed by atoms with Crippen LogP contribution in [0.5, 0.6) is 0 Å². The van der Waals surface area contributed by atoms with Gasteiger partial charge in [0, 0.05) is 11.8 Å². The Morgan fingerprint density at radius 1 is 1.16 bits per heavy atom. The molecule has 0 saturated carbocycles. The number of amides is 2. The van der Waals surface area contributed by atoms with Gasteiger partial charge in [0.2, 0.25) is 5.91 Å². The molecule has 2 N–H and O–H groups in total. The summed E-state index contributed by atoms with van der Waals surface area (Å²) in [7, 11) is 0. The summed E-state index contributed by atoms with van der Waals surface area (Å²) in [4.78, 5) is 39.1. The molecule has 2 aromatic carbocycles. The number of hydrogen-bond acceptors (Lipinski definition) is 5. The first kappa shape index (κ1) is 22.4.